The number of carbonyl (C=O) groups is 1. The van der Waals surface area contributed by atoms with Crippen molar-refractivity contribution < 1.29 is 9.18 Å². The van der Waals surface area contributed by atoms with E-state index in [1.54, 1.807) is 12.1 Å². The lowest BCUT2D eigenvalue weighted by Gasteiger charge is -2.30. The molecule has 92 valence electrons. The summed E-state index contributed by atoms with van der Waals surface area (Å²) in [7, 11) is 0. The first-order valence-corrected chi connectivity index (χ1v) is 6.36. The highest BCUT2D eigenvalue weighted by atomic mass is 19.1. The number of hydrogen-bond donors (Lipinski definition) is 0. The fourth-order valence-corrected chi connectivity index (χ4v) is 3.01. The molecule has 0 heterocycles. The van der Waals surface area contributed by atoms with E-state index < -0.39 is 0 Å². The van der Waals surface area contributed by atoms with E-state index in [0.717, 1.165) is 12.8 Å². The summed E-state index contributed by atoms with van der Waals surface area (Å²) in [5.74, 6) is 1.26. The summed E-state index contributed by atoms with van der Waals surface area (Å²) in [6, 6.07) is 5.93. The van der Waals surface area contributed by atoms with E-state index in [0.29, 0.717) is 17.4 Å². The van der Waals surface area contributed by atoms with Gasteiger partial charge in [-0.3, -0.25) is 4.79 Å². The summed E-state index contributed by atoms with van der Waals surface area (Å²) in [5, 5.41) is 0. The van der Waals surface area contributed by atoms with Crippen LogP contribution < -0.4 is 0 Å². The molecule has 0 amide bonds. The van der Waals surface area contributed by atoms with E-state index in [1.807, 2.05) is 0 Å². The molecule has 1 saturated carbocycles. The fraction of sp³-hybridized carbons (Fsp3) is 0.533. The van der Waals surface area contributed by atoms with Gasteiger partial charge in [0.1, 0.15) is 5.82 Å². The van der Waals surface area contributed by atoms with Gasteiger partial charge in [-0.05, 0) is 55.4 Å². The van der Waals surface area contributed by atoms with E-state index in [2.05, 4.69) is 13.8 Å². The van der Waals surface area contributed by atoms with Crippen molar-refractivity contribution in [3.8, 4) is 0 Å². The monoisotopic (exact) mass is 234 g/mol. The molecule has 2 rings (SSSR count). The normalized spacial score (nSPS) is 29.0. The molecule has 17 heavy (non-hydrogen) atoms. The number of hydrogen-bond acceptors (Lipinski definition) is 1. The second kappa shape index (κ2) is 4.99. The largest absolute Gasteiger partial charge is 0.294 e. The quantitative estimate of drug-likeness (QED) is 0.705. The highest BCUT2D eigenvalue weighted by Gasteiger charge is 2.29. The summed E-state index contributed by atoms with van der Waals surface area (Å²) in [4.78, 5) is 12.3. The van der Waals surface area contributed by atoms with Gasteiger partial charge in [-0.1, -0.05) is 13.8 Å². The van der Waals surface area contributed by atoms with Gasteiger partial charge in [-0.15, -0.1) is 0 Å². The van der Waals surface area contributed by atoms with E-state index in [1.165, 1.54) is 18.6 Å². The Bertz CT molecular complexity index is 386. The second-order valence-electron chi connectivity index (χ2n) is 5.49. The molecule has 0 aliphatic heterocycles. The molecule has 2 heteroatoms. The van der Waals surface area contributed by atoms with Crippen LogP contribution in [0.5, 0.6) is 0 Å². The van der Waals surface area contributed by atoms with Crippen molar-refractivity contribution in [1.29, 1.82) is 0 Å². The van der Waals surface area contributed by atoms with E-state index >= 15 is 0 Å². The Kier molecular flexibility index (Phi) is 3.60. The predicted molar refractivity (Wildman–Crippen MR) is 66.4 cm³/mol. The zero-order chi connectivity index (χ0) is 12.4. The van der Waals surface area contributed by atoms with E-state index in [9.17, 15) is 9.18 Å². The molecule has 0 saturated heterocycles. The molecular weight excluding hydrogens is 215 g/mol. The van der Waals surface area contributed by atoms with Crippen LogP contribution in [0.2, 0.25) is 0 Å². The first kappa shape index (κ1) is 12.3. The molecular formula is C15H19FO. The molecule has 1 aromatic rings. The summed E-state index contributed by atoms with van der Waals surface area (Å²) in [6.07, 6.45) is 3.16. The molecule has 2 unspecified atom stereocenters. The molecule has 1 aromatic carbocycles. The van der Waals surface area contributed by atoms with Crippen LogP contribution in [0.15, 0.2) is 24.3 Å². The molecule has 0 spiro atoms. The minimum absolute atomic E-state index is 0.124. The van der Waals surface area contributed by atoms with Crippen LogP contribution in [0.4, 0.5) is 4.39 Å². The molecule has 2 atom stereocenters. The number of rotatable bonds is 2. The maximum atomic E-state index is 12.8. The van der Waals surface area contributed by atoms with Crippen molar-refractivity contribution in [3.05, 3.63) is 35.6 Å². The van der Waals surface area contributed by atoms with E-state index in [-0.39, 0.29) is 17.5 Å². The molecule has 1 nitrogen and oxygen atoms in total. The Hall–Kier alpha value is -1.18. The minimum Gasteiger partial charge on any atom is -0.294 e. The molecule has 0 bridgehead atoms. The van der Waals surface area contributed by atoms with Gasteiger partial charge in [0.25, 0.3) is 0 Å². The first-order valence-electron chi connectivity index (χ1n) is 6.36. The minimum atomic E-state index is -0.285. The summed E-state index contributed by atoms with van der Waals surface area (Å²) in [5.41, 5.74) is 0.651. The number of carbonyl (C=O) groups excluding carboxylic acids is 1. The number of ketones is 1. The highest BCUT2D eigenvalue weighted by molar-refractivity contribution is 5.97. The second-order valence-corrected chi connectivity index (χ2v) is 5.49. The van der Waals surface area contributed by atoms with Crippen molar-refractivity contribution in [2.45, 2.75) is 33.1 Å². The lowest BCUT2D eigenvalue weighted by Crippen LogP contribution is -2.26. The van der Waals surface area contributed by atoms with Crippen molar-refractivity contribution in [1.82, 2.24) is 0 Å². The van der Waals surface area contributed by atoms with Gasteiger partial charge < -0.3 is 0 Å². The maximum absolute atomic E-state index is 12.8. The van der Waals surface area contributed by atoms with Crippen LogP contribution in [-0.2, 0) is 0 Å². The SMILES string of the molecule is CC1CC(C)CC(C(=O)c2ccc(F)cc2)C1. The lowest BCUT2D eigenvalue weighted by atomic mass is 9.74. The zero-order valence-corrected chi connectivity index (χ0v) is 10.4. The molecule has 0 N–H and O–H groups in total. The van der Waals surface area contributed by atoms with Crippen molar-refractivity contribution in [3.63, 3.8) is 0 Å². The first-order chi connectivity index (χ1) is 8.06. The fourth-order valence-electron chi connectivity index (χ4n) is 3.01. The Morgan fingerprint density at radius 1 is 1.06 bits per heavy atom. The number of halogens is 1. The standard InChI is InChI=1S/C15H19FO/c1-10-7-11(2)9-13(8-10)15(17)12-3-5-14(16)6-4-12/h3-6,10-11,13H,7-9H2,1-2H3. The van der Waals surface area contributed by atoms with Crippen molar-refractivity contribution in [2.24, 2.45) is 17.8 Å². The van der Waals surface area contributed by atoms with Gasteiger partial charge in [0.15, 0.2) is 5.78 Å². The highest BCUT2D eigenvalue weighted by Crippen LogP contribution is 2.34. The molecule has 1 fully saturated rings. The average Bonchev–Trinajstić information content (AvgIpc) is 2.28. The third kappa shape index (κ3) is 2.93. The van der Waals surface area contributed by atoms with Gasteiger partial charge in [0.2, 0.25) is 0 Å². The van der Waals surface area contributed by atoms with Gasteiger partial charge in [0.05, 0.1) is 0 Å². The van der Waals surface area contributed by atoms with Gasteiger partial charge >= 0.3 is 0 Å². The maximum Gasteiger partial charge on any atom is 0.165 e. The third-order valence-corrected chi connectivity index (χ3v) is 3.68. The van der Waals surface area contributed by atoms with Gasteiger partial charge in [-0.2, -0.15) is 0 Å². The van der Waals surface area contributed by atoms with Crippen molar-refractivity contribution >= 4 is 5.78 Å². The third-order valence-electron chi connectivity index (χ3n) is 3.68. The van der Waals surface area contributed by atoms with Crippen LogP contribution in [0, 0.1) is 23.6 Å². The Morgan fingerprint density at radius 3 is 2.12 bits per heavy atom. The smallest absolute Gasteiger partial charge is 0.165 e. The van der Waals surface area contributed by atoms with E-state index in [4.69, 9.17) is 0 Å². The van der Waals surface area contributed by atoms with Crippen molar-refractivity contribution in [2.75, 3.05) is 0 Å². The predicted octanol–water partition coefficient (Wildman–Crippen LogP) is 4.08. The van der Waals surface area contributed by atoms with Gasteiger partial charge in [-0.25, -0.2) is 4.39 Å². The Labute approximate surface area is 102 Å². The molecule has 1 aliphatic rings. The van der Waals surface area contributed by atoms with Crippen LogP contribution in [-0.4, -0.2) is 5.78 Å². The van der Waals surface area contributed by atoms with Crippen LogP contribution in [0.1, 0.15) is 43.5 Å². The summed E-state index contributed by atoms with van der Waals surface area (Å²) >= 11 is 0. The van der Waals surface area contributed by atoms with Crippen LogP contribution in [0.25, 0.3) is 0 Å². The average molecular weight is 234 g/mol. The number of benzene rings is 1. The topological polar surface area (TPSA) is 17.1 Å². The van der Waals surface area contributed by atoms with Crippen LogP contribution in [0.3, 0.4) is 0 Å². The molecule has 1 aliphatic carbocycles. The molecule has 0 aromatic heterocycles. The zero-order valence-electron chi connectivity index (χ0n) is 10.4. The lowest BCUT2D eigenvalue weighted by molar-refractivity contribution is 0.0836. The Balaban J connectivity index is 2.11. The number of Topliss-reactive ketones (excluding diaryl/α,β-unsaturated/α-hetero) is 1. The van der Waals surface area contributed by atoms with Gasteiger partial charge in [0, 0.05) is 11.5 Å². The summed E-state index contributed by atoms with van der Waals surface area (Å²) in [6.45, 7) is 4.42. The molecule has 0 radical (unpaired) electrons. The Morgan fingerprint density at radius 2 is 1.59 bits per heavy atom. The van der Waals surface area contributed by atoms with Crippen LogP contribution >= 0.6 is 0 Å². The summed E-state index contributed by atoms with van der Waals surface area (Å²) < 4.78 is 12.8.